The van der Waals surface area contributed by atoms with Crippen LogP contribution in [0, 0.1) is 12.7 Å². The van der Waals surface area contributed by atoms with Crippen LogP contribution in [0.25, 0.3) is 0 Å². The SMILES string of the molecule is Cc1nc(S(=O)(=O)N2CCCN(C(=O)c3ccc(F)cc3)CC2)cn1C. The van der Waals surface area contributed by atoms with E-state index in [1.54, 1.807) is 23.4 Å². The van der Waals surface area contributed by atoms with Gasteiger partial charge in [-0.15, -0.1) is 0 Å². The average molecular weight is 380 g/mol. The van der Waals surface area contributed by atoms with Crippen LogP contribution >= 0.6 is 0 Å². The molecular formula is C17H21FN4O3S. The molecule has 0 atom stereocenters. The van der Waals surface area contributed by atoms with Gasteiger partial charge < -0.3 is 9.47 Å². The standard InChI is InChI=1S/C17H21FN4O3S/c1-13-19-16(12-20(13)2)26(24,25)22-9-3-8-21(10-11-22)17(23)14-4-6-15(18)7-5-14/h4-7,12H,3,8-11H2,1-2H3. The quantitative estimate of drug-likeness (QED) is 0.807. The maximum absolute atomic E-state index is 13.0. The summed E-state index contributed by atoms with van der Waals surface area (Å²) in [6, 6.07) is 5.36. The van der Waals surface area contributed by atoms with Gasteiger partial charge in [-0.2, -0.15) is 4.31 Å². The molecule has 0 spiro atoms. The molecule has 1 aromatic carbocycles. The zero-order chi connectivity index (χ0) is 18.9. The first-order valence-electron chi connectivity index (χ1n) is 8.34. The van der Waals surface area contributed by atoms with Crippen molar-refractivity contribution in [3.8, 4) is 0 Å². The zero-order valence-electron chi connectivity index (χ0n) is 14.7. The number of nitrogens with zero attached hydrogens (tertiary/aromatic N) is 4. The first kappa shape index (κ1) is 18.5. The van der Waals surface area contributed by atoms with Gasteiger partial charge in [0.1, 0.15) is 11.6 Å². The Kier molecular flexibility index (Phi) is 5.10. The molecule has 7 nitrogen and oxygen atoms in total. The number of halogens is 1. The molecule has 0 unspecified atom stereocenters. The van der Waals surface area contributed by atoms with Crippen molar-refractivity contribution in [3.05, 3.63) is 47.7 Å². The Bertz CT molecular complexity index is 889. The first-order valence-corrected chi connectivity index (χ1v) is 9.78. The molecule has 2 heterocycles. The van der Waals surface area contributed by atoms with Crippen LogP contribution < -0.4 is 0 Å². The molecule has 2 aromatic rings. The number of carbonyl (C=O) groups is 1. The zero-order valence-corrected chi connectivity index (χ0v) is 15.5. The van der Waals surface area contributed by atoms with Crippen molar-refractivity contribution >= 4 is 15.9 Å². The fraction of sp³-hybridized carbons (Fsp3) is 0.412. The third-order valence-electron chi connectivity index (χ3n) is 4.52. The summed E-state index contributed by atoms with van der Waals surface area (Å²) < 4.78 is 41.6. The fourth-order valence-corrected chi connectivity index (χ4v) is 4.39. The molecule has 1 aromatic heterocycles. The van der Waals surface area contributed by atoms with Crippen molar-refractivity contribution in [1.82, 2.24) is 18.8 Å². The maximum Gasteiger partial charge on any atom is 0.262 e. The van der Waals surface area contributed by atoms with Crippen molar-refractivity contribution in [2.75, 3.05) is 26.2 Å². The molecular weight excluding hydrogens is 359 g/mol. The van der Waals surface area contributed by atoms with Crippen molar-refractivity contribution < 1.29 is 17.6 Å². The van der Waals surface area contributed by atoms with E-state index in [1.807, 2.05) is 0 Å². The van der Waals surface area contributed by atoms with Crippen LogP contribution in [0.1, 0.15) is 22.6 Å². The molecule has 1 aliphatic heterocycles. The summed E-state index contributed by atoms with van der Waals surface area (Å²) in [6.07, 6.45) is 2.02. The number of carbonyl (C=O) groups excluding carboxylic acids is 1. The molecule has 140 valence electrons. The summed E-state index contributed by atoms with van der Waals surface area (Å²) >= 11 is 0. The molecule has 0 radical (unpaired) electrons. The third-order valence-corrected chi connectivity index (χ3v) is 6.29. The normalized spacial score (nSPS) is 16.5. The van der Waals surface area contributed by atoms with E-state index in [0.29, 0.717) is 30.9 Å². The van der Waals surface area contributed by atoms with Crippen molar-refractivity contribution in [2.24, 2.45) is 7.05 Å². The molecule has 0 aliphatic carbocycles. The molecule has 0 N–H and O–H groups in total. The van der Waals surface area contributed by atoms with Crippen LogP contribution in [0.5, 0.6) is 0 Å². The van der Waals surface area contributed by atoms with Gasteiger partial charge in [-0.3, -0.25) is 4.79 Å². The number of hydrogen-bond donors (Lipinski definition) is 0. The Morgan fingerprint density at radius 1 is 1.12 bits per heavy atom. The number of aryl methyl sites for hydroxylation is 2. The Morgan fingerprint density at radius 3 is 2.42 bits per heavy atom. The number of aromatic nitrogens is 2. The number of rotatable bonds is 3. The molecule has 9 heteroatoms. The van der Waals surface area contributed by atoms with Gasteiger partial charge in [0.2, 0.25) is 0 Å². The van der Waals surface area contributed by atoms with Crippen molar-refractivity contribution in [1.29, 1.82) is 0 Å². The predicted octanol–water partition coefficient (Wildman–Crippen LogP) is 1.40. The predicted molar refractivity (Wildman–Crippen MR) is 93.6 cm³/mol. The highest BCUT2D eigenvalue weighted by Crippen LogP contribution is 2.18. The van der Waals surface area contributed by atoms with Gasteiger partial charge in [0, 0.05) is 45.0 Å². The lowest BCUT2D eigenvalue weighted by atomic mass is 10.2. The van der Waals surface area contributed by atoms with Crippen LogP contribution in [0.15, 0.2) is 35.5 Å². The first-order chi connectivity index (χ1) is 12.3. The highest BCUT2D eigenvalue weighted by atomic mass is 32.2. The Morgan fingerprint density at radius 2 is 1.81 bits per heavy atom. The van der Waals surface area contributed by atoms with E-state index in [4.69, 9.17) is 0 Å². The minimum Gasteiger partial charge on any atom is -0.337 e. The second-order valence-electron chi connectivity index (χ2n) is 6.29. The highest BCUT2D eigenvalue weighted by Gasteiger charge is 2.30. The third kappa shape index (κ3) is 3.63. The minimum atomic E-state index is -3.69. The Labute approximate surface area is 152 Å². The second kappa shape index (κ2) is 7.16. The lowest BCUT2D eigenvalue weighted by Crippen LogP contribution is -2.37. The van der Waals surface area contributed by atoms with E-state index in [2.05, 4.69) is 4.98 Å². The van der Waals surface area contributed by atoms with Gasteiger partial charge in [0.25, 0.3) is 15.9 Å². The van der Waals surface area contributed by atoms with Gasteiger partial charge in [-0.05, 0) is 37.6 Å². The molecule has 1 saturated heterocycles. The number of amides is 1. The maximum atomic E-state index is 13.0. The lowest BCUT2D eigenvalue weighted by Gasteiger charge is -2.21. The number of imidazole rings is 1. The van der Waals surface area contributed by atoms with Gasteiger partial charge in [-0.25, -0.2) is 17.8 Å². The van der Waals surface area contributed by atoms with E-state index < -0.39 is 15.8 Å². The van der Waals surface area contributed by atoms with Crippen LogP contribution in [-0.4, -0.2) is 59.3 Å². The van der Waals surface area contributed by atoms with E-state index in [-0.39, 0.29) is 24.0 Å². The largest absolute Gasteiger partial charge is 0.337 e. The molecule has 3 rings (SSSR count). The van der Waals surface area contributed by atoms with Crippen LogP contribution in [0.4, 0.5) is 4.39 Å². The van der Waals surface area contributed by atoms with Crippen molar-refractivity contribution in [2.45, 2.75) is 18.4 Å². The topological polar surface area (TPSA) is 75.5 Å². The fourth-order valence-electron chi connectivity index (χ4n) is 2.90. The van der Waals surface area contributed by atoms with Crippen LogP contribution in [-0.2, 0) is 17.1 Å². The summed E-state index contributed by atoms with van der Waals surface area (Å²) in [4.78, 5) is 18.3. The van der Waals surface area contributed by atoms with E-state index in [1.165, 1.54) is 34.8 Å². The van der Waals surface area contributed by atoms with Gasteiger partial charge >= 0.3 is 0 Å². The minimum absolute atomic E-state index is 0.0239. The molecule has 1 aliphatic rings. The Hall–Kier alpha value is -2.26. The molecule has 1 fully saturated rings. The number of hydrogen-bond acceptors (Lipinski definition) is 4. The summed E-state index contributed by atoms with van der Waals surface area (Å²) in [6.45, 7) is 2.99. The lowest BCUT2D eigenvalue weighted by molar-refractivity contribution is 0.0764. The van der Waals surface area contributed by atoms with E-state index in [9.17, 15) is 17.6 Å². The van der Waals surface area contributed by atoms with Crippen LogP contribution in [0.2, 0.25) is 0 Å². The number of benzene rings is 1. The summed E-state index contributed by atoms with van der Waals surface area (Å²) in [5.41, 5.74) is 0.392. The monoisotopic (exact) mass is 380 g/mol. The average Bonchev–Trinajstić information content (AvgIpc) is 2.82. The Balaban J connectivity index is 1.73. The molecule has 26 heavy (non-hydrogen) atoms. The van der Waals surface area contributed by atoms with Crippen LogP contribution in [0.3, 0.4) is 0 Å². The molecule has 1 amide bonds. The van der Waals surface area contributed by atoms with Gasteiger partial charge in [-0.1, -0.05) is 0 Å². The smallest absolute Gasteiger partial charge is 0.262 e. The molecule has 0 saturated carbocycles. The van der Waals surface area contributed by atoms with Gasteiger partial charge in [0.05, 0.1) is 0 Å². The summed E-state index contributed by atoms with van der Waals surface area (Å²) in [5.74, 6) is -0.00946. The summed E-state index contributed by atoms with van der Waals surface area (Å²) in [7, 11) is -1.95. The number of sulfonamides is 1. The molecule has 0 bridgehead atoms. The van der Waals surface area contributed by atoms with E-state index in [0.717, 1.165) is 0 Å². The highest BCUT2D eigenvalue weighted by molar-refractivity contribution is 7.89. The summed E-state index contributed by atoms with van der Waals surface area (Å²) in [5, 5.41) is 0.0239. The second-order valence-corrected chi connectivity index (χ2v) is 8.18. The van der Waals surface area contributed by atoms with Crippen molar-refractivity contribution in [3.63, 3.8) is 0 Å². The van der Waals surface area contributed by atoms with Gasteiger partial charge in [0.15, 0.2) is 5.03 Å². The van der Waals surface area contributed by atoms with E-state index >= 15 is 0 Å².